The number of rotatable bonds is 3. The van der Waals surface area contributed by atoms with Crippen LogP contribution in [0.2, 0.25) is 0 Å². The van der Waals surface area contributed by atoms with Gasteiger partial charge in [0.25, 0.3) is 0 Å². The maximum absolute atomic E-state index is 11.9. The van der Waals surface area contributed by atoms with Crippen molar-refractivity contribution in [2.24, 2.45) is 5.10 Å². The van der Waals surface area contributed by atoms with Crippen molar-refractivity contribution >= 4 is 11.6 Å². The molecule has 2 rings (SSSR count). The molecule has 1 aromatic carbocycles. The molecule has 6 heteroatoms. The van der Waals surface area contributed by atoms with Gasteiger partial charge in [0, 0.05) is 0 Å². The minimum atomic E-state index is -2.84. The highest BCUT2D eigenvalue weighted by molar-refractivity contribution is 6.13. The molecule has 0 saturated carbocycles. The fourth-order valence-corrected chi connectivity index (χ4v) is 1.36. The first-order chi connectivity index (χ1) is 7.65. The highest BCUT2D eigenvalue weighted by Crippen LogP contribution is 2.17. The average Bonchev–Trinajstić information content (AvgIpc) is 2.65. The van der Waals surface area contributed by atoms with E-state index in [0.29, 0.717) is 11.3 Å². The predicted octanol–water partition coefficient (Wildman–Crippen LogP) is 1.51. The first-order valence-electron chi connectivity index (χ1n) is 4.56. The maximum atomic E-state index is 11.9. The lowest BCUT2D eigenvalue weighted by Crippen LogP contribution is -2.09. The molecule has 16 heavy (non-hydrogen) atoms. The number of alkyl halides is 2. The van der Waals surface area contributed by atoms with E-state index in [-0.39, 0.29) is 18.1 Å². The van der Waals surface area contributed by atoms with Gasteiger partial charge >= 0.3 is 6.61 Å². The van der Waals surface area contributed by atoms with E-state index in [9.17, 15) is 13.6 Å². The number of halogens is 2. The third kappa shape index (κ3) is 2.33. The Morgan fingerprint density at radius 2 is 2.00 bits per heavy atom. The molecule has 1 aromatic rings. The summed E-state index contributed by atoms with van der Waals surface area (Å²) in [7, 11) is 0. The standard InChI is InChI=1S/C10H8F2N2O2/c11-10(12)16-7-3-1-6(2-4-7)8-5-9(15)14-13-8/h1-4,10H,5H2,(H,14,15). The van der Waals surface area contributed by atoms with Crippen molar-refractivity contribution in [3.63, 3.8) is 0 Å². The Bertz CT molecular complexity index is 429. The lowest BCUT2D eigenvalue weighted by Gasteiger charge is -2.04. The van der Waals surface area contributed by atoms with Crippen molar-refractivity contribution in [3.05, 3.63) is 29.8 Å². The van der Waals surface area contributed by atoms with Crippen molar-refractivity contribution in [1.29, 1.82) is 0 Å². The number of hydrogen-bond donors (Lipinski definition) is 1. The summed E-state index contributed by atoms with van der Waals surface area (Å²) in [5, 5.41) is 3.81. The van der Waals surface area contributed by atoms with E-state index in [2.05, 4.69) is 15.3 Å². The molecular weight excluding hydrogens is 218 g/mol. The average molecular weight is 226 g/mol. The molecule has 1 aliphatic rings. The number of carbonyl (C=O) groups excluding carboxylic acids is 1. The van der Waals surface area contributed by atoms with Crippen LogP contribution < -0.4 is 10.2 Å². The number of carbonyl (C=O) groups is 1. The fraction of sp³-hybridized carbons (Fsp3) is 0.200. The van der Waals surface area contributed by atoms with Crippen molar-refractivity contribution in [1.82, 2.24) is 5.43 Å². The summed E-state index contributed by atoms with van der Waals surface area (Å²) in [4.78, 5) is 10.9. The van der Waals surface area contributed by atoms with E-state index in [1.165, 1.54) is 12.1 Å². The van der Waals surface area contributed by atoms with E-state index >= 15 is 0 Å². The second-order valence-electron chi connectivity index (χ2n) is 3.17. The van der Waals surface area contributed by atoms with Gasteiger partial charge in [-0.25, -0.2) is 5.43 Å². The number of amides is 1. The van der Waals surface area contributed by atoms with E-state index < -0.39 is 6.61 Å². The Kier molecular flexibility index (Phi) is 2.80. The summed E-state index contributed by atoms with van der Waals surface area (Å²) in [6, 6.07) is 5.98. The molecule has 0 aliphatic carbocycles. The largest absolute Gasteiger partial charge is 0.435 e. The van der Waals surface area contributed by atoms with Crippen LogP contribution in [0.25, 0.3) is 0 Å². The normalized spacial score (nSPS) is 14.9. The molecule has 0 atom stereocenters. The number of ether oxygens (including phenoxy) is 1. The summed E-state index contributed by atoms with van der Waals surface area (Å²) in [5.41, 5.74) is 3.61. The molecule has 1 amide bonds. The molecule has 1 aliphatic heterocycles. The zero-order valence-corrected chi connectivity index (χ0v) is 8.11. The smallest absolute Gasteiger partial charge is 0.387 e. The monoisotopic (exact) mass is 226 g/mol. The Labute approximate surface area is 89.9 Å². The molecule has 0 aromatic heterocycles. The van der Waals surface area contributed by atoms with Crippen LogP contribution in [0.4, 0.5) is 8.78 Å². The third-order valence-electron chi connectivity index (χ3n) is 2.06. The molecule has 1 heterocycles. The van der Waals surface area contributed by atoms with Crippen LogP contribution >= 0.6 is 0 Å². The van der Waals surface area contributed by atoms with Crippen LogP contribution in [0.1, 0.15) is 12.0 Å². The third-order valence-corrected chi connectivity index (χ3v) is 2.06. The van der Waals surface area contributed by atoms with Gasteiger partial charge in [-0.05, 0) is 29.8 Å². The first kappa shape index (κ1) is 10.5. The quantitative estimate of drug-likeness (QED) is 0.849. The van der Waals surface area contributed by atoms with Crippen LogP contribution in [0.5, 0.6) is 5.75 Å². The number of nitrogens with one attached hydrogen (secondary N) is 1. The first-order valence-corrected chi connectivity index (χ1v) is 4.56. The summed E-state index contributed by atoms with van der Waals surface area (Å²) < 4.78 is 27.9. The Hall–Kier alpha value is -1.98. The summed E-state index contributed by atoms with van der Waals surface area (Å²) in [6.07, 6.45) is 0.203. The van der Waals surface area contributed by atoms with Crippen molar-refractivity contribution in [2.45, 2.75) is 13.0 Å². The topological polar surface area (TPSA) is 50.7 Å². The van der Waals surface area contributed by atoms with Crippen LogP contribution in [0.3, 0.4) is 0 Å². The SMILES string of the molecule is O=C1CC(c2ccc(OC(F)F)cc2)=NN1. The van der Waals surface area contributed by atoms with Gasteiger partial charge in [-0.15, -0.1) is 0 Å². The second-order valence-corrected chi connectivity index (χ2v) is 3.17. The Morgan fingerprint density at radius 3 is 2.50 bits per heavy atom. The zero-order valence-electron chi connectivity index (χ0n) is 8.11. The molecular formula is C10H8F2N2O2. The minimum Gasteiger partial charge on any atom is -0.435 e. The summed E-state index contributed by atoms with van der Waals surface area (Å²) >= 11 is 0. The summed E-state index contributed by atoms with van der Waals surface area (Å²) in [6.45, 7) is -2.84. The molecule has 0 bridgehead atoms. The van der Waals surface area contributed by atoms with E-state index in [4.69, 9.17) is 0 Å². The highest BCUT2D eigenvalue weighted by Gasteiger charge is 2.16. The molecule has 1 N–H and O–H groups in total. The van der Waals surface area contributed by atoms with Gasteiger partial charge in [-0.3, -0.25) is 4.79 Å². The van der Waals surface area contributed by atoms with E-state index in [1.807, 2.05) is 0 Å². The molecule has 4 nitrogen and oxygen atoms in total. The molecule has 0 fully saturated rings. The van der Waals surface area contributed by atoms with Crippen LogP contribution in [0.15, 0.2) is 29.4 Å². The molecule has 0 unspecified atom stereocenters. The molecule has 84 valence electrons. The zero-order chi connectivity index (χ0) is 11.5. The maximum Gasteiger partial charge on any atom is 0.387 e. The van der Waals surface area contributed by atoms with Crippen molar-refractivity contribution in [3.8, 4) is 5.75 Å². The fourth-order valence-electron chi connectivity index (χ4n) is 1.36. The molecule has 0 saturated heterocycles. The predicted molar refractivity (Wildman–Crippen MR) is 52.4 cm³/mol. The van der Waals surface area contributed by atoms with Gasteiger partial charge in [0.1, 0.15) is 5.75 Å². The van der Waals surface area contributed by atoms with E-state index in [0.717, 1.165) is 0 Å². The van der Waals surface area contributed by atoms with Crippen LogP contribution in [0, 0.1) is 0 Å². The Morgan fingerprint density at radius 1 is 1.31 bits per heavy atom. The van der Waals surface area contributed by atoms with Crippen LogP contribution in [-0.4, -0.2) is 18.2 Å². The van der Waals surface area contributed by atoms with Crippen molar-refractivity contribution < 1.29 is 18.3 Å². The highest BCUT2D eigenvalue weighted by atomic mass is 19.3. The number of hydrogen-bond acceptors (Lipinski definition) is 3. The lowest BCUT2D eigenvalue weighted by atomic mass is 10.1. The van der Waals surface area contributed by atoms with Gasteiger partial charge in [0.2, 0.25) is 5.91 Å². The Balaban J connectivity index is 2.10. The van der Waals surface area contributed by atoms with E-state index in [1.54, 1.807) is 12.1 Å². The van der Waals surface area contributed by atoms with Crippen molar-refractivity contribution in [2.75, 3.05) is 0 Å². The minimum absolute atomic E-state index is 0.0802. The number of benzene rings is 1. The second kappa shape index (κ2) is 4.26. The van der Waals surface area contributed by atoms with Gasteiger partial charge < -0.3 is 4.74 Å². The van der Waals surface area contributed by atoms with Gasteiger partial charge in [0.15, 0.2) is 0 Å². The number of nitrogens with zero attached hydrogens (tertiary/aromatic N) is 1. The van der Waals surface area contributed by atoms with Gasteiger partial charge in [0.05, 0.1) is 12.1 Å². The number of hydrazone groups is 1. The molecule has 0 radical (unpaired) electrons. The van der Waals surface area contributed by atoms with Gasteiger partial charge in [-0.1, -0.05) is 0 Å². The summed E-state index contributed by atoms with van der Waals surface area (Å²) in [5.74, 6) is -0.0976. The van der Waals surface area contributed by atoms with Gasteiger partial charge in [-0.2, -0.15) is 13.9 Å². The molecule has 0 spiro atoms. The van der Waals surface area contributed by atoms with Crippen LogP contribution in [-0.2, 0) is 4.79 Å². The lowest BCUT2D eigenvalue weighted by molar-refractivity contribution is -0.119.